The molecule has 0 saturated carbocycles. The molecule has 0 heterocycles. The Balaban J connectivity index is 2.86. The van der Waals surface area contributed by atoms with Crippen LogP contribution >= 0.6 is 15.9 Å². The number of aliphatic hydroxyl groups excluding tert-OH is 1. The number of aliphatic carboxylic acids is 1. The van der Waals surface area contributed by atoms with Crippen molar-refractivity contribution in [2.24, 2.45) is 0 Å². The van der Waals surface area contributed by atoms with Crippen LogP contribution in [0.5, 0.6) is 5.75 Å². The van der Waals surface area contributed by atoms with Crippen molar-refractivity contribution >= 4 is 27.8 Å². The molecule has 1 unspecified atom stereocenters. The van der Waals surface area contributed by atoms with E-state index in [2.05, 4.69) is 21.2 Å². The number of amides is 1. The van der Waals surface area contributed by atoms with Crippen molar-refractivity contribution in [3.63, 3.8) is 0 Å². The fourth-order valence-corrected chi connectivity index (χ4v) is 1.47. The molecule has 7 heteroatoms. The minimum absolute atomic E-state index is 0.0621. The quantitative estimate of drug-likeness (QED) is 0.641. The minimum Gasteiger partial charge on any atom is -0.507 e. The van der Waals surface area contributed by atoms with Crippen LogP contribution in [-0.2, 0) is 4.79 Å². The van der Waals surface area contributed by atoms with Crippen LogP contribution in [0.4, 0.5) is 0 Å². The van der Waals surface area contributed by atoms with Crippen LogP contribution in [0.3, 0.4) is 0 Å². The molecule has 0 aliphatic carbocycles. The van der Waals surface area contributed by atoms with E-state index in [1.807, 2.05) is 0 Å². The largest absolute Gasteiger partial charge is 0.507 e. The van der Waals surface area contributed by atoms with Crippen LogP contribution in [0.2, 0.25) is 0 Å². The lowest BCUT2D eigenvalue weighted by atomic mass is 10.1. The van der Waals surface area contributed by atoms with Crippen molar-refractivity contribution in [2.45, 2.75) is 6.04 Å². The minimum atomic E-state index is -1.40. The van der Waals surface area contributed by atoms with Gasteiger partial charge in [-0.25, -0.2) is 4.79 Å². The summed E-state index contributed by atoms with van der Waals surface area (Å²) in [6.45, 7) is -0.724. The standard InChI is InChI=1S/C10H10BrNO5/c11-5-1-2-6(8(14)3-5)9(15)12-7(4-13)10(16)17/h1-3,7,13-14H,4H2,(H,12,15)(H,16,17). The summed E-state index contributed by atoms with van der Waals surface area (Å²) in [5.74, 6) is -2.40. The molecule has 0 radical (unpaired) electrons. The third-order valence-corrected chi connectivity index (χ3v) is 2.48. The van der Waals surface area contributed by atoms with Crippen molar-refractivity contribution in [2.75, 3.05) is 6.61 Å². The lowest BCUT2D eigenvalue weighted by Gasteiger charge is -2.12. The maximum Gasteiger partial charge on any atom is 0.328 e. The number of aliphatic hydroxyl groups is 1. The van der Waals surface area contributed by atoms with Crippen molar-refractivity contribution < 1.29 is 24.9 Å². The van der Waals surface area contributed by atoms with Gasteiger partial charge in [0.1, 0.15) is 5.75 Å². The van der Waals surface area contributed by atoms with E-state index in [-0.39, 0.29) is 11.3 Å². The number of carboxylic acids is 1. The van der Waals surface area contributed by atoms with Crippen LogP contribution in [0.25, 0.3) is 0 Å². The number of benzene rings is 1. The molecule has 1 aromatic carbocycles. The number of phenols is 1. The van der Waals surface area contributed by atoms with E-state index in [0.717, 1.165) is 0 Å². The van der Waals surface area contributed by atoms with Gasteiger partial charge in [0, 0.05) is 4.47 Å². The van der Waals surface area contributed by atoms with Crippen molar-refractivity contribution in [3.8, 4) is 5.75 Å². The van der Waals surface area contributed by atoms with Crippen molar-refractivity contribution in [3.05, 3.63) is 28.2 Å². The van der Waals surface area contributed by atoms with E-state index in [0.29, 0.717) is 4.47 Å². The van der Waals surface area contributed by atoms with Crippen molar-refractivity contribution in [1.29, 1.82) is 0 Å². The normalized spacial score (nSPS) is 11.9. The molecule has 0 fully saturated rings. The second-order valence-electron chi connectivity index (χ2n) is 3.21. The average Bonchev–Trinajstić information content (AvgIpc) is 2.24. The third kappa shape index (κ3) is 3.43. The number of halogens is 1. The summed E-state index contributed by atoms with van der Waals surface area (Å²) in [6, 6.07) is 2.78. The van der Waals surface area contributed by atoms with E-state index in [4.69, 9.17) is 10.2 Å². The molecule has 92 valence electrons. The number of aromatic hydroxyl groups is 1. The van der Waals surface area contributed by atoms with Gasteiger partial charge in [-0.3, -0.25) is 4.79 Å². The zero-order valence-corrected chi connectivity index (χ0v) is 10.1. The first-order chi connectivity index (χ1) is 7.95. The highest BCUT2D eigenvalue weighted by atomic mass is 79.9. The predicted octanol–water partition coefficient (Wildman–Crippen LogP) is 0.330. The maximum atomic E-state index is 11.6. The van der Waals surface area contributed by atoms with Crippen LogP contribution in [-0.4, -0.2) is 39.8 Å². The molecule has 0 aliphatic rings. The Morgan fingerprint density at radius 3 is 2.53 bits per heavy atom. The third-order valence-electron chi connectivity index (χ3n) is 1.99. The van der Waals surface area contributed by atoms with E-state index < -0.39 is 24.5 Å². The second kappa shape index (κ2) is 5.65. The fraction of sp³-hybridized carbons (Fsp3) is 0.200. The number of hydrogen-bond acceptors (Lipinski definition) is 4. The van der Waals surface area contributed by atoms with Gasteiger partial charge >= 0.3 is 5.97 Å². The topological polar surface area (TPSA) is 107 Å². The molecule has 1 amide bonds. The van der Waals surface area contributed by atoms with Gasteiger partial charge in [-0.05, 0) is 18.2 Å². The van der Waals surface area contributed by atoms with E-state index >= 15 is 0 Å². The predicted molar refractivity (Wildman–Crippen MR) is 61.8 cm³/mol. The Morgan fingerprint density at radius 2 is 2.06 bits per heavy atom. The SMILES string of the molecule is O=C(NC(CO)C(=O)O)c1ccc(Br)cc1O. The summed E-state index contributed by atoms with van der Waals surface area (Å²) in [7, 11) is 0. The molecule has 0 bridgehead atoms. The van der Waals surface area contributed by atoms with Gasteiger partial charge in [0.2, 0.25) is 0 Å². The highest BCUT2D eigenvalue weighted by molar-refractivity contribution is 9.10. The molecule has 17 heavy (non-hydrogen) atoms. The summed E-state index contributed by atoms with van der Waals surface area (Å²) >= 11 is 3.11. The highest BCUT2D eigenvalue weighted by Gasteiger charge is 2.21. The molecule has 1 aromatic rings. The smallest absolute Gasteiger partial charge is 0.328 e. The van der Waals surface area contributed by atoms with Crippen LogP contribution in [0, 0.1) is 0 Å². The molecule has 6 nitrogen and oxygen atoms in total. The highest BCUT2D eigenvalue weighted by Crippen LogP contribution is 2.22. The number of rotatable bonds is 4. The molecular formula is C10H10BrNO5. The number of carbonyl (C=O) groups excluding carboxylic acids is 1. The molecular weight excluding hydrogens is 294 g/mol. The average molecular weight is 304 g/mol. The van der Waals surface area contributed by atoms with Gasteiger partial charge in [0.05, 0.1) is 12.2 Å². The zero-order valence-electron chi connectivity index (χ0n) is 8.55. The molecule has 1 atom stereocenters. The summed E-state index contributed by atoms with van der Waals surface area (Å²) < 4.78 is 0.587. The summed E-state index contributed by atoms with van der Waals surface area (Å²) in [5.41, 5.74) is -0.0621. The van der Waals surface area contributed by atoms with Crippen LogP contribution in [0.15, 0.2) is 22.7 Å². The van der Waals surface area contributed by atoms with E-state index in [1.165, 1.54) is 18.2 Å². The lowest BCUT2D eigenvalue weighted by Crippen LogP contribution is -2.43. The fourth-order valence-electron chi connectivity index (χ4n) is 1.12. The number of nitrogens with one attached hydrogen (secondary N) is 1. The molecule has 0 saturated heterocycles. The Labute approximate surface area is 105 Å². The summed E-state index contributed by atoms with van der Waals surface area (Å²) in [5, 5.41) is 28.9. The van der Waals surface area contributed by atoms with Gasteiger partial charge in [0.15, 0.2) is 6.04 Å². The number of phenolic OH excluding ortho intramolecular Hbond substituents is 1. The van der Waals surface area contributed by atoms with Gasteiger partial charge in [-0.2, -0.15) is 0 Å². The first kappa shape index (κ1) is 13.5. The van der Waals surface area contributed by atoms with Crippen LogP contribution < -0.4 is 5.32 Å². The zero-order chi connectivity index (χ0) is 13.0. The number of hydrogen-bond donors (Lipinski definition) is 4. The Bertz CT molecular complexity index is 448. The Kier molecular flexibility index (Phi) is 4.47. The van der Waals surface area contributed by atoms with Gasteiger partial charge < -0.3 is 20.6 Å². The number of carbonyl (C=O) groups is 2. The molecule has 0 spiro atoms. The molecule has 4 N–H and O–H groups in total. The maximum absolute atomic E-state index is 11.6. The first-order valence-electron chi connectivity index (χ1n) is 4.58. The van der Waals surface area contributed by atoms with Gasteiger partial charge in [0.25, 0.3) is 5.91 Å². The first-order valence-corrected chi connectivity index (χ1v) is 5.38. The molecule has 1 rings (SSSR count). The van der Waals surface area contributed by atoms with Gasteiger partial charge in [-0.1, -0.05) is 15.9 Å². The molecule has 0 aliphatic heterocycles. The van der Waals surface area contributed by atoms with E-state index in [1.54, 1.807) is 0 Å². The second-order valence-corrected chi connectivity index (χ2v) is 4.12. The molecule has 0 aromatic heterocycles. The van der Waals surface area contributed by atoms with Crippen LogP contribution in [0.1, 0.15) is 10.4 Å². The summed E-state index contributed by atoms with van der Waals surface area (Å²) in [4.78, 5) is 22.2. The summed E-state index contributed by atoms with van der Waals surface area (Å²) in [6.07, 6.45) is 0. The van der Waals surface area contributed by atoms with E-state index in [9.17, 15) is 14.7 Å². The Hall–Kier alpha value is -1.60. The Morgan fingerprint density at radius 1 is 1.41 bits per heavy atom. The number of carboxylic acid groups (broad SMARTS) is 1. The van der Waals surface area contributed by atoms with Crippen molar-refractivity contribution in [1.82, 2.24) is 5.32 Å². The van der Waals surface area contributed by atoms with Gasteiger partial charge in [-0.15, -0.1) is 0 Å². The lowest BCUT2D eigenvalue weighted by molar-refractivity contribution is -0.140. The monoisotopic (exact) mass is 303 g/mol.